The SMILES string of the molecule is C=CC(=O)O.CNCCC(Cl)c1ccccc1. The molecule has 0 radical (unpaired) electrons. The molecule has 1 aromatic carbocycles. The third kappa shape index (κ3) is 8.48. The summed E-state index contributed by atoms with van der Waals surface area (Å²) in [7, 11) is 1.94. The van der Waals surface area contributed by atoms with Gasteiger partial charge in [-0.05, 0) is 25.6 Å². The van der Waals surface area contributed by atoms with Crippen LogP contribution in [0.2, 0.25) is 0 Å². The van der Waals surface area contributed by atoms with Gasteiger partial charge in [0.1, 0.15) is 0 Å². The van der Waals surface area contributed by atoms with Gasteiger partial charge in [0.05, 0.1) is 5.38 Å². The van der Waals surface area contributed by atoms with Crippen LogP contribution < -0.4 is 5.32 Å². The van der Waals surface area contributed by atoms with Crippen molar-refractivity contribution in [2.45, 2.75) is 11.8 Å². The summed E-state index contributed by atoms with van der Waals surface area (Å²) in [5.41, 5.74) is 1.20. The average Bonchev–Trinajstić information content (AvgIpc) is 2.37. The van der Waals surface area contributed by atoms with Gasteiger partial charge in [0.2, 0.25) is 0 Å². The number of benzene rings is 1. The number of nitrogens with one attached hydrogen (secondary N) is 1. The van der Waals surface area contributed by atoms with Crippen LogP contribution in [0.4, 0.5) is 0 Å². The molecule has 0 bridgehead atoms. The van der Waals surface area contributed by atoms with Crippen molar-refractivity contribution in [1.29, 1.82) is 0 Å². The fourth-order valence-electron chi connectivity index (χ4n) is 1.10. The Hall–Kier alpha value is -1.32. The lowest BCUT2D eigenvalue weighted by molar-refractivity contribution is -0.131. The van der Waals surface area contributed by atoms with Crippen molar-refractivity contribution >= 4 is 17.6 Å². The summed E-state index contributed by atoms with van der Waals surface area (Å²) in [4.78, 5) is 9.25. The van der Waals surface area contributed by atoms with Crippen molar-refractivity contribution in [3.8, 4) is 0 Å². The average molecular weight is 256 g/mol. The molecule has 0 aliphatic carbocycles. The second-order valence-corrected chi connectivity index (χ2v) is 3.84. The Morgan fingerprint density at radius 3 is 2.47 bits per heavy atom. The standard InChI is InChI=1S/C10H14ClN.C3H4O2/c1-12-8-7-10(11)9-5-3-2-4-6-9;1-2-3(4)5/h2-6,10,12H,7-8H2,1H3;2H,1H2,(H,4,5). The molecule has 0 amide bonds. The van der Waals surface area contributed by atoms with Gasteiger partial charge in [0, 0.05) is 6.08 Å². The molecule has 94 valence electrons. The lowest BCUT2D eigenvalue weighted by atomic mass is 10.1. The van der Waals surface area contributed by atoms with E-state index in [1.807, 2.05) is 25.2 Å². The number of rotatable bonds is 5. The molecule has 0 aromatic heterocycles. The lowest BCUT2D eigenvalue weighted by Crippen LogP contribution is -2.09. The first-order valence-corrected chi connectivity index (χ1v) is 5.74. The molecule has 0 aliphatic heterocycles. The highest BCUT2D eigenvalue weighted by Crippen LogP contribution is 2.22. The Bertz CT molecular complexity index is 327. The fourth-order valence-corrected chi connectivity index (χ4v) is 1.35. The van der Waals surface area contributed by atoms with Gasteiger partial charge in [0.25, 0.3) is 0 Å². The number of hydrogen-bond donors (Lipinski definition) is 2. The Morgan fingerprint density at radius 2 is 2.06 bits per heavy atom. The molecule has 0 saturated carbocycles. The zero-order valence-corrected chi connectivity index (χ0v) is 10.7. The van der Waals surface area contributed by atoms with E-state index >= 15 is 0 Å². The molecule has 17 heavy (non-hydrogen) atoms. The maximum absolute atomic E-state index is 9.25. The summed E-state index contributed by atoms with van der Waals surface area (Å²) in [5, 5.41) is 10.8. The maximum Gasteiger partial charge on any atom is 0.327 e. The molecule has 2 N–H and O–H groups in total. The van der Waals surface area contributed by atoms with Crippen molar-refractivity contribution in [3.63, 3.8) is 0 Å². The number of halogens is 1. The minimum atomic E-state index is -0.981. The number of hydrogen-bond acceptors (Lipinski definition) is 2. The van der Waals surface area contributed by atoms with Crippen molar-refractivity contribution in [2.75, 3.05) is 13.6 Å². The van der Waals surface area contributed by atoms with Crippen molar-refractivity contribution < 1.29 is 9.90 Å². The Morgan fingerprint density at radius 1 is 1.53 bits per heavy atom. The Labute approximate surface area is 107 Å². The molecular formula is C13H18ClNO2. The molecule has 0 fully saturated rings. The van der Waals surface area contributed by atoms with Crippen LogP contribution in [0, 0.1) is 0 Å². The molecule has 3 nitrogen and oxygen atoms in total. The molecule has 1 aromatic rings. The third-order valence-corrected chi connectivity index (χ3v) is 2.45. The van der Waals surface area contributed by atoms with Crippen LogP contribution in [0.25, 0.3) is 0 Å². The maximum atomic E-state index is 9.25. The summed E-state index contributed by atoms with van der Waals surface area (Å²) < 4.78 is 0. The van der Waals surface area contributed by atoms with Gasteiger partial charge in [-0.15, -0.1) is 11.6 Å². The van der Waals surface area contributed by atoms with E-state index in [4.69, 9.17) is 16.7 Å². The topological polar surface area (TPSA) is 49.3 Å². The highest BCUT2D eigenvalue weighted by molar-refractivity contribution is 6.20. The van der Waals surface area contributed by atoms with Crippen molar-refractivity contribution in [3.05, 3.63) is 48.6 Å². The molecule has 1 atom stereocenters. The fraction of sp³-hybridized carbons (Fsp3) is 0.308. The smallest absolute Gasteiger partial charge is 0.327 e. The highest BCUT2D eigenvalue weighted by Gasteiger charge is 2.04. The van der Waals surface area contributed by atoms with E-state index in [0.717, 1.165) is 19.0 Å². The van der Waals surface area contributed by atoms with Gasteiger partial charge in [0.15, 0.2) is 0 Å². The monoisotopic (exact) mass is 255 g/mol. The molecule has 0 aliphatic rings. The number of carboxylic acids is 1. The van der Waals surface area contributed by atoms with Gasteiger partial charge in [-0.3, -0.25) is 0 Å². The van der Waals surface area contributed by atoms with Crippen LogP contribution in [-0.2, 0) is 4.79 Å². The van der Waals surface area contributed by atoms with Crippen LogP contribution in [0.3, 0.4) is 0 Å². The quantitative estimate of drug-likeness (QED) is 0.628. The van der Waals surface area contributed by atoms with E-state index < -0.39 is 5.97 Å². The molecular weight excluding hydrogens is 238 g/mol. The number of aliphatic carboxylic acids is 1. The van der Waals surface area contributed by atoms with Crippen LogP contribution >= 0.6 is 11.6 Å². The lowest BCUT2D eigenvalue weighted by Gasteiger charge is -2.08. The summed E-state index contributed by atoms with van der Waals surface area (Å²) in [6.45, 7) is 3.92. The van der Waals surface area contributed by atoms with E-state index in [1.54, 1.807) is 0 Å². The zero-order chi connectivity index (χ0) is 13.1. The highest BCUT2D eigenvalue weighted by atomic mass is 35.5. The van der Waals surface area contributed by atoms with E-state index in [0.29, 0.717) is 0 Å². The zero-order valence-electron chi connectivity index (χ0n) is 9.90. The predicted molar refractivity (Wildman–Crippen MR) is 71.4 cm³/mol. The molecule has 1 rings (SSSR count). The van der Waals surface area contributed by atoms with Gasteiger partial charge in [-0.1, -0.05) is 36.9 Å². The van der Waals surface area contributed by atoms with Gasteiger partial charge < -0.3 is 10.4 Å². The van der Waals surface area contributed by atoms with Crippen LogP contribution in [0.15, 0.2) is 43.0 Å². The van der Waals surface area contributed by atoms with Gasteiger partial charge in [-0.25, -0.2) is 4.79 Å². The van der Waals surface area contributed by atoms with Crippen LogP contribution in [0.5, 0.6) is 0 Å². The van der Waals surface area contributed by atoms with Gasteiger partial charge in [-0.2, -0.15) is 0 Å². The van der Waals surface area contributed by atoms with E-state index in [-0.39, 0.29) is 5.38 Å². The summed E-state index contributed by atoms with van der Waals surface area (Å²) in [5.74, 6) is -0.981. The minimum Gasteiger partial charge on any atom is -0.478 e. The first-order chi connectivity index (χ1) is 8.11. The second-order valence-electron chi connectivity index (χ2n) is 3.31. The van der Waals surface area contributed by atoms with Crippen molar-refractivity contribution in [2.24, 2.45) is 0 Å². The Balaban J connectivity index is 0.000000437. The second kappa shape index (κ2) is 9.87. The Kier molecular flexibility index (Phi) is 9.11. The molecule has 0 spiro atoms. The molecule has 0 heterocycles. The third-order valence-electron chi connectivity index (χ3n) is 1.98. The first-order valence-electron chi connectivity index (χ1n) is 5.30. The molecule has 4 heteroatoms. The normalized spacial score (nSPS) is 10.9. The van der Waals surface area contributed by atoms with Crippen LogP contribution in [0.1, 0.15) is 17.4 Å². The first kappa shape index (κ1) is 15.7. The predicted octanol–water partition coefficient (Wildman–Crippen LogP) is 2.83. The largest absolute Gasteiger partial charge is 0.478 e. The van der Waals surface area contributed by atoms with Gasteiger partial charge >= 0.3 is 5.97 Å². The number of carboxylic acid groups (broad SMARTS) is 1. The van der Waals surface area contributed by atoms with E-state index in [1.165, 1.54) is 5.56 Å². The number of alkyl halides is 1. The minimum absolute atomic E-state index is 0.138. The van der Waals surface area contributed by atoms with Crippen molar-refractivity contribution in [1.82, 2.24) is 5.32 Å². The summed E-state index contributed by atoms with van der Waals surface area (Å²) in [6.07, 6.45) is 1.81. The van der Waals surface area contributed by atoms with E-state index in [2.05, 4.69) is 24.0 Å². The molecule has 0 saturated heterocycles. The number of carbonyl (C=O) groups is 1. The van der Waals surface area contributed by atoms with Crippen LogP contribution in [-0.4, -0.2) is 24.7 Å². The summed E-state index contributed by atoms with van der Waals surface area (Å²) >= 11 is 6.14. The molecule has 1 unspecified atom stereocenters. The van der Waals surface area contributed by atoms with E-state index in [9.17, 15) is 4.79 Å². The summed E-state index contributed by atoms with van der Waals surface area (Å²) in [6, 6.07) is 10.2.